The lowest BCUT2D eigenvalue weighted by Gasteiger charge is -2.34. The van der Waals surface area contributed by atoms with Crippen molar-refractivity contribution >= 4 is 10.0 Å². The Kier molecular flexibility index (Phi) is 4.11. The standard InChI is InChI=1S/C9H20N2O3S/c1-9(12)3-6-11(7-4-9)15(13,14)8-5-10-2/h10,12H,3-8H2,1-2H3. The Hall–Kier alpha value is -0.170. The van der Waals surface area contributed by atoms with Crippen molar-refractivity contribution in [1.29, 1.82) is 0 Å². The number of aliphatic hydroxyl groups is 1. The van der Waals surface area contributed by atoms with Gasteiger partial charge in [-0.2, -0.15) is 0 Å². The van der Waals surface area contributed by atoms with E-state index in [-0.39, 0.29) is 5.75 Å². The number of nitrogens with zero attached hydrogens (tertiary/aromatic N) is 1. The molecule has 0 bridgehead atoms. The Morgan fingerprint density at radius 1 is 1.40 bits per heavy atom. The quantitative estimate of drug-likeness (QED) is 0.683. The molecule has 15 heavy (non-hydrogen) atoms. The topological polar surface area (TPSA) is 69.6 Å². The molecule has 1 aliphatic heterocycles. The fourth-order valence-corrected chi connectivity index (χ4v) is 3.07. The van der Waals surface area contributed by atoms with Gasteiger partial charge in [-0.25, -0.2) is 12.7 Å². The molecule has 0 aromatic heterocycles. The molecule has 0 saturated carbocycles. The first-order chi connectivity index (χ1) is 6.87. The number of sulfonamides is 1. The second kappa shape index (κ2) is 4.78. The summed E-state index contributed by atoms with van der Waals surface area (Å²) in [6.07, 6.45) is 1.04. The Labute approximate surface area is 91.5 Å². The molecule has 0 aromatic carbocycles. The van der Waals surface area contributed by atoms with Crippen molar-refractivity contribution in [2.24, 2.45) is 0 Å². The summed E-state index contributed by atoms with van der Waals surface area (Å²) in [5.74, 6) is 0.131. The first-order valence-electron chi connectivity index (χ1n) is 5.22. The maximum atomic E-state index is 11.8. The van der Waals surface area contributed by atoms with Crippen molar-refractivity contribution in [1.82, 2.24) is 9.62 Å². The van der Waals surface area contributed by atoms with Gasteiger partial charge in [-0.1, -0.05) is 0 Å². The molecule has 0 spiro atoms. The van der Waals surface area contributed by atoms with Gasteiger partial charge in [0.1, 0.15) is 0 Å². The van der Waals surface area contributed by atoms with Crippen molar-refractivity contribution in [3.8, 4) is 0 Å². The lowest BCUT2D eigenvalue weighted by molar-refractivity contribution is 0.0126. The van der Waals surface area contributed by atoms with Gasteiger partial charge in [-0.3, -0.25) is 0 Å². The zero-order valence-electron chi connectivity index (χ0n) is 9.36. The minimum atomic E-state index is -3.14. The van der Waals surface area contributed by atoms with Gasteiger partial charge in [0.2, 0.25) is 10.0 Å². The first kappa shape index (κ1) is 12.9. The minimum absolute atomic E-state index is 0.131. The van der Waals surface area contributed by atoms with Crippen molar-refractivity contribution < 1.29 is 13.5 Å². The fraction of sp³-hybridized carbons (Fsp3) is 1.00. The maximum Gasteiger partial charge on any atom is 0.215 e. The fourth-order valence-electron chi connectivity index (χ4n) is 1.61. The van der Waals surface area contributed by atoms with E-state index in [1.54, 1.807) is 14.0 Å². The SMILES string of the molecule is CNCCS(=O)(=O)N1CCC(C)(O)CC1. The Balaban J connectivity index is 2.52. The summed E-state index contributed by atoms with van der Waals surface area (Å²) in [6.45, 7) is 3.08. The van der Waals surface area contributed by atoms with Crippen LogP contribution in [0.4, 0.5) is 0 Å². The van der Waals surface area contributed by atoms with Crippen LogP contribution in [0, 0.1) is 0 Å². The number of rotatable bonds is 4. The van der Waals surface area contributed by atoms with Crippen LogP contribution in [0.3, 0.4) is 0 Å². The third-order valence-electron chi connectivity index (χ3n) is 2.80. The second-order valence-corrected chi connectivity index (χ2v) is 6.40. The summed E-state index contributed by atoms with van der Waals surface area (Å²) >= 11 is 0. The molecule has 0 atom stereocenters. The Morgan fingerprint density at radius 3 is 2.40 bits per heavy atom. The van der Waals surface area contributed by atoms with E-state index in [9.17, 15) is 13.5 Å². The summed E-state index contributed by atoms with van der Waals surface area (Å²) < 4.78 is 25.0. The minimum Gasteiger partial charge on any atom is -0.390 e. The van der Waals surface area contributed by atoms with Gasteiger partial charge < -0.3 is 10.4 Å². The van der Waals surface area contributed by atoms with E-state index < -0.39 is 15.6 Å². The summed E-state index contributed by atoms with van der Waals surface area (Å²) in [7, 11) is -1.40. The molecule has 1 rings (SSSR count). The Bertz CT molecular complexity index is 290. The first-order valence-corrected chi connectivity index (χ1v) is 6.83. The summed E-state index contributed by atoms with van der Waals surface area (Å²) in [5.41, 5.74) is -0.699. The van der Waals surface area contributed by atoms with Crippen LogP contribution in [0.5, 0.6) is 0 Å². The average Bonchev–Trinajstić information content (AvgIpc) is 2.14. The van der Waals surface area contributed by atoms with Gasteiger partial charge in [0.25, 0.3) is 0 Å². The van der Waals surface area contributed by atoms with Crippen molar-refractivity contribution in [2.45, 2.75) is 25.4 Å². The monoisotopic (exact) mass is 236 g/mol. The number of hydrogen-bond acceptors (Lipinski definition) is 4. The van der Waals surface area contributed by atoms with E-state index in [1.165, 1.54) is 4.31 Å². The molecule has 0 aliphatic carbocycles. The molecule has 6 heteroatoms. The molecule has 0 aromatic rings. The molecular formula is C9H20N2O3S. The van der Waals surface area contributed by atoms with E-state index in [1.807, 2.05) is 0 Å². The van der Waals surface area contributed by atoms with Crippen LogP contribution in [0.15, 0.2) is 0 Å². The summed E-state index contributed by atoms with van der Waals surface area (Å²) in [5, 5.41) is 12.5. The van der Waals surface area contributed by atoms with Crippen LogP contribution in [-0.4, -0.2) is 55.9 Å². The van der Waals surface area contributed by atoms with E-state index in [2.05, 4.69) is 5.32 Å². The van der Waals surface area contributed by atoms with E-state index in [4.69, 9.17) is 0 Å². The number of piperidine rings is 1. The zero-order chi connectivity index (χ0) is 11.5. The molecule has 90 valence electrons. The summed E-state index contributed by atoms with van der Waals surface area (Å²) in [6, 6.07) is 0. The third kappa shape index (κ3) is 3.71. The van der Waals surface area contributed by atoms with E-state index in [0.29, 0.717) is 32.5 Å². The highest BCUT2D eigenvalue weighted by atomic mass is 32.2. The summed E-state index contributed by atoms with van der Waals surface area (Å²) in [4.78, 5) is 0. The van der Waals surface area contributed by atoms with Crippen LogP contribution in [0.2, 0.25) is 0 Å². The predicted octanol–water partition coefficient (Wildman–Crippen LogP) is -0.618. The molecule has 0 radical (unpaired) electrons. The average molecular weight is 236 g/mol. The molecule has 5 nitrogen and oxygen atoms in total. The van der Waals surface area contributed by atoms with Crippen molar-refractivity contribution in [2.75, 3.05) is 32.4 Å². The van der Waals surface area contributed by atoms with Crippen LogP contribution in [0.1, 0.15) is 19.8 Å². The van der Waals surface area contributed by atoms with Gasteiger partial charge in [0.15, 0.2) is 0 Å². The number of nitrogens with one attached hydrogen (secondary N) is 1. The molecule has 0 unspecified atom stereocenters. The van der Waals surface area contributed by atoms with Crippen LogP contribution in [0.25, 0.3) is 0 Å². The molecule has 2 N–H and O–H groups in total. The van der Waals surface area contributed by atoms with Gasteiger partial charge in [-0.15, -0.1) is 0 Å². The largest absolute Gasteiger partial charge is 0.390 e. The second-order valence-electron chi connectivity index (χ2n) is 4.32. The molecule has 1 fully saturated rings. The highest BCUT2D eigenvalue weighted by Gasteiger charge is 2.32. The lowest BCUT2D eigenvalue weighted by Crippen LogP contribution is -2.46. The van der Waals surface area contributed by atoms with E-state index in [0.717, 1.165) is 0 Å². The lowest BCUT2D eigenvalue weighted by atomic mass is 9.95. The highest BCUT2D eigenvalue weighted by Crippen LogP contribution is 2.22. The van der Waals surface area contributed by atoms with Crippen LogP contribution < -0.4 is 5.32 Å². The van der Waals surface area contributed by atoms with Gasteiger partial charge in [0.05, 0.1) is 11.4 Å². The maximum absolute atomic E-state index is 11.8. The Morgan fingerprint density at radius 2 is 1.93 bits per heavy atom. The molecule has 1 heterocycles. The molecule has 1 aliphatic rings. The number of hydrogen-bond donors (Lipinski definition) is 2. The highest BCUT2D eigenvalue weighted by molar-refractivity contribution is 7.89. The van der Waals surface area contributed by atoms with Gasteiger partial charge in [0, 0.05) is 19.6 Å². The van der Waals surface area contributed by atoms with E-state index >= 15 is 0 Å². The third-order valence-corrected chi connectivity index (χ3v) is 4.67. The van der Waals surface area contributed by atoms with Gasteiger partial charge >= 0.3 is 0 Å². The normalized spacial score (nSPS) is 22.9. The predicted molar refractivity (Wildman–Crippen MR) is 59.1 cm³/mol. The van der Waals surface area contributed by atoms with Crippen LogP contribution in [-0.2, 0) is 10.0 Å². The smallest absolute Gasteiger partial charge is 0.215 e. The zero-order valence-corrected chi connectivity index (χ0v) is 10.2. The van der Waals surface area contributed by atoms with Crippen molar-refractivity contribution in [3.63, 3.8) is 0 Å². The molecular weight excluding hydrogens is 216 g/mol. The van der Waals surface area contributed by atoms with Crippen molar-refractivity contribution in [3.05, 3.63) is 0 Å². The molecule has 1 saturated heterocycles. The van der Waals surface area contributed by atoms with Gasteiger partial charge in [-0.05, 0) is 26.8 Å². The van der Waals surface area contributed by atoms with Crippen LogP contribution >= 0.6 is 0 Å². The molecule has 0 amide bonds.